The first kappa shape index (κ1) is 19.9. The first-order valence-electron chi connectivity index (χ1n) is 9.60. The monoisotopic (exact) mass is 412 g/mol. The van der Waals surface area contributed by atoms with E-state index in [9.17, 15) is 8.76 Å². The second-order valence-electron chi connectivity index (χ2n) is 7.23. The highest BCUT2D eigenvalue weighted by Gasteiger charge is 2.38. The summed E-state index contributed by atoms with van der Waals surface area (Å²) in [7, 11) is -3.59. The van der Waals surface area contributed by atoms with Crippen LogP contribution in [0.2, 0.25) is 0 Å². The van der Waals surface area contributed by atoms with Crippen LogP contribution in [0.4, 0.5) is 0 Å². The summed E-state index contributed by atoms with van der Waals surface area (Å²) in [6.45, 7) is 6.30. The van der Waals surface area contributed by atoms with Crippen LogP contribution < -0.4 is 0 Å². The number of aromatic nitrogens is 2. The van der Waals surface area contributed by atoms with Gasteiger partial charge < -0.3 is 9.08 Å². The Hall–Kier alpha value is -2.39. The van der Waals surface area contributed by atoms with Crippen LogP contribution in [-0.4, -0.2) is 50.1 Å². The molecule has 1 aromatic carbocycles. The first-order valence-corrected chi connectivity index (χ1v) is 11.0. The van der Waals surface area contributed by atoms with Crippen LogP contribution in [0.5, 0.6) is 0 Å². The summed E-state index contributed by atoms with van der Waals surface area (Å²) in [5.74, 6) is 0.343. The van der Waals surface area contributed by atoms with Crippen LogP contribution >= 0.6 is 0 Å². The molecule has 1 saturated heterocycles. The fourth-order valence-electron chi connectivity index (χ4n) is 3.80. The standard InChI is InChI=1S/C21H24N4O3S/c1-16-21(17(2)28-23-16)29(26,27)25-12-10-24(11-13-25)15-19-6-3-4-8-20(19)18-7-5-9-22-14-18/h3-9,14H,10-13,15H2,1-2H3. The lowest BCUT2D eigenvalue weighted by Crippen LogP contribution is -2.50. The molecule has 4 rings (SSSR count). The zero-order valence-electron chi connectivity index (χ0n) is 16.6. The van der Waals surface area contributed by atoms with Crippen molar-refractivity contribution >= 4 is 10.4 Å². The molecule has 152 valence electrons. The van der Waals surface area contributed by atoms with Gasteiger partial charge in [-0.1, -0.05) is 39.7 Å². The van der Waals surface area contributed by atoms with E-state index in [1.54, 1.807) is 20.0 Å². The number of rotatable bonds is 5. The summed E-state index contributed by atoms with van der Waals surface area (Å²) in [5.41, 5.74) is 3.87. The van der Waals surface area contributed by atoms with Crippen LogP contribution in [0.25, 0.3) is 11.1 Å². The molecule has 0 spiro atoms. The summed E-state index contributed by atoms with van der Waals surface area (Å²) < 4.78 is 32.6. The SMILES string of the molecule is Cc1noc(C)c1[S+](=O)([O-])N1CCN(Cc2ccccc2-c2cccnc2)CC1. The lowest BCUT2D eigenvalue weighted by Gasteiger charge is -2.35. The van der Waals surface area contributed by atoms with Gasteiger partial charge in [0.15, 0.2) is 16.2 Å². The third-order valence-electron chi connectivity index (χ3n) is 5.28. The van der Waals surface area contributed by atoms with Crippen molar-refractivity contribution < 1.29 is 13.3 Å². The Balaban J connectivity index is 1.46. The Morgan fingerprint density at radius 3 is 2.52 bits per heavy atom. The van der Waals surface area contributed by atoms with E-state index in [1.807, 2.05) is 24.4 Å². The normalized spacial score (nSPS) is 17.9. The summed E-state index contributed by atoms with van der Waals surface area (Å²) in [6.07, 6.45) is 3.64. The lowest BCUT2D eigenvalue weighted by atomic mass is 10.0. The van der Waals surface area contributed by atoms with E-state index in [-0.39, 0.29) is 4.90 Å². The molecule has 3 heterocycles. The Bertz CT molecular complexity index is 1010. The van der Waals surface area contributed by atoms with Crippen molar-refractivity contribution in [2.24, 2.45) is 0 Å². The zero-order valence-corrected chi connectivity index (χ0v) is 17.4. The maximum Gasteiger partial charge on any atom is 0.240 e. The molecule has 0 amide bonds. The maximum atomic E-state index is 13.0. The molecule has 1 atom stereocenters. The smallest absolute Gasteiger partial charge is 0.240 e. The Labute approximate surface area is 171 Å². The van der Waals surface area contributed by atoms with Crippen molar-refractivity contribution in [1.82, 2.24) is 19.3 Å². The largest absolute Gasteiger partial charge is 0.593 e. The molecule has 0 radical (unpaired) electrons. The molecule has 0 N–H and O–H groups in total. The summed E-state index contributed by atoms with van der Waals surface area (Å²) >= 11 is 0. The quantitative estimate of drug-likeness (QED) is 0.599. The summed E-state index contributed by atoms with van der Waals surface area (Å²) in [6, 6.07) is 12.3. The third-order valence-corrected chi connectivity index (χ3v) is 7.42. The fourth-order valence-corrected chi connectivity index (χ4v) is 5.52. The molecular weight excluding hydrogens is 388 g/mol. The minimum absolute atomic E-state index is 0.202. The molecule has 29 heavy (non-hydrogen) atoms. The molecule has 1 unspecified atom stereocenters. The lowest BCUT2D eigenvalue weighted by molar-refractivity contribution is 0.174. The van der Waals surface area contributed by atoms with Gasteiger partial charge in [-0.3, -0.25) is 9.88 Å². The second kappa shape index (κ2) is 8.16. The molecular formula is C21H24N4O3S. The molecule has 1 aliphatic rings. The van der Waals surface area contributed by atoms with Gasteiger partial charge in [0.1, 0.15) is 5.69 Å². The van der Waals surface area contributed by atoms with Crippen molar-refractivity contribution in [2.75, 3.05) is 26.2 Å². The maximum absolute atomic E-state index is 13.0. The van der Waals surface area contributed by atoms with Gasteiger partial charge in [-0.25, -0.2) is 0 Å². The Morgan fingerprint density at radius 2 is 1.86 bits per heavy atom. The van der Waals surface area contributed by atoms with Crippen LogP contribution in [0, 0.1) is 13.8 Å². The summed E-state index contributed by atoms with van der Waals surface area (Å²) in [5, 5.41) is 3.79. The van der Waals surface area contributed by atoms with Crippen molar-refractivity contribution in [2.45, 2.75) is 25.3 Å². The van der Waals surface area contributed by atoms with Crippen LogP contribution in [0.15, 0.2) is 58.2 Å². The van der Waals surface area contributed by atoms with Gasteiger partial charge >= 0.3 is 0 Å². The van der Waals surface area contributed by atoms with E-state index in [1.165, 1.54) is 9.87 Å². The fraction of sp³-hybridized carbons (Fsp3) is 0.333. The third kappa shape index (κ3) is 4.02. The van der Waals surface area contributed by atoms with E-state index in [0.717, 1.165) is 17.7 Å². The van der Waals surface area contributed by atoms with Gasteiger partial charge in [0.25, 0.3) is 0 Å². The number of nitrogens with zero attached hydrogens (tertiary/aromatic N) is 4. The summed E-state index contributed by atoms with van der Waals surface area (Å²) in [4.78, 5) is 6.71. The van der Waals surface area contributed by atoms with Gasteiger partial charge in [0, 0.05) is 44.5 Å². The minimum atomic E-state index is -3.59. The number of pyridine rings is 1. The second-order valence-corrected chi connectivity index (χ2v) is 9.11. The number of hydrogen-bond acceptors (Lipinski definition) is 6. The van der Waals surface area contributed by atoms with Crippen molar-refractivity contribution in [1.29, 1.82) is 0 Å². The molecule has 7 nitrogen and oxygen atoms in total. The molecule has 0 bridgehead atoms. The predicted octanol–water partition coefficient (Wildman–Crippen LogP) is 3.08. The van der Waals surface area contributed by atoms with E-state index in [2.05, 4.69) is 33.2 Å². The molecule has 1 aliphatic heterocycles. The van der Waals surface area contributed by atoms with Gasteiger partial charge in [0.05, 0.1) is 13.1 Å². The van der Waals surface area contributed by atoms with E-state index in [4.69, 9.17) is 4.52 Å². The average molecular weight is 413 g/mol. The highest BCUT2D eigenvalue weighted by molar-refractivity contribution is 7.95. The van der Waals surface area contributed by atoms with Crippen molar-refractivity contribution in [3.8, 4) is 11.1 Å². The molecule has 3 aromatic rings. The number of benzene rings is 1. The van der Waals surface area contributed by atoms with E-state index in [0.29, 0.717) is 37.6 Å². The number of piperazine rings is 1. The Kier molecular flexibility index (Phi) is 5.60. The van der Waals surface area contributed by atoms with Crippen LogP contribution in [0.1, 0.15) is 17.0 Å². The minimum Gasteiger partial charge on any atom is -0.593 e. The molecule has 0 saturated carbocycles. The van der Waals surface area contributed by atoms with Gasteiger partial charge in [-0.05, 0) is 24.1 Å². The van der Waals surface area contributed by atoms with Crippen molar-refractivity contribution in [3.05, 3.63) is 65.8 Å². The number of hydrogen-bond donors (Lipinski definition) is 0. The van der Waals surface area contributed by atoms with Crippen LogP contribution in [0.3, 0.4) is 0 Å². The van der Waals surface area contributed by atoms with Crippen LogP contribution in [-0.2, 0) is 21.2 Å². The predicted molar refractivity (Wildman–Crippen MR) is 110 cm³/mol. The number of aryl methyl sites for hydroxylation is 2. The molecule has 0 aliphatic carbocycles. The molecule has 8 heteroatoms. The van der Waals surface area contributed by atoms with Crippen molar-refractivity contribution in [3.63, 3.8) is 0 Å². The average Bonchev–Trinajstić information content (AvgIpc) is 3.08. The van der Waals surface area contributed by atoms with Gasteiger partial charge in [-0.15, -0.1) is 4.31 Å². The molecule has 1 fully saturated rings. The Morgan fingerprint density at radius 1 is 1.10 bits per heavy atom. The number of sulfonamides is 1. The van der Waals surface area contributed by atoms with Gasteiger partial charge in [0.2, 0.25) is 4.90 Å². The van der Waals surface area contributed by atoms with E-state index < -0.39 is 10.4 Å². The first-order chi connectivity index (χ1) is 14.0. The topological polar surface area (TPSA) is 85.5 Å². The zero-order chi connectivity index (χ0) is 20.4. The highest BCUT2D eigenvalue weighted by atomic mass is 32.3. The molecule has 2 aromatic heterocycles. The van der Waals surface area contributed by atoms with Gasteiger partial charge in [-0.2, -0.15) is 0 Å². The van der Waals surface area contributed by atoms with E-state index >= 15 is 0 Å². The highest BCUT2D eigenvalue weighted by Crippen LogP contribution is 2.29.